The molecule has 1 heterocycles. The first-order chi connectivity index (χ1) is 16.0. The maximum absolute atomic E-state index is 13.0. The Hall–Kier alpha value is -3.26. The lowest BCUT2D eigenvalue weighted by Crippen LogP contribution is -2.49. The number of carbonyl (C=O) groups excluding carboxylic acids is 2. The molecule has 0 spiro atoms. The molecule has 2 amide bonds. The second-order valence-corrected chi connectivity index (χ2v) is 8.17. The first-order valence-electron chi connectivity index (χ1n) is 11.3. The lowest BCUT2D eigenvalue weighted by Gasteiger charge is -2.34. The third-order valence-electron chi connectivity index (χ3n) is 5.30. The molecule has 0 saturated carbocycles. The summed E-state index contributed by atoms with van der Waals surface area (Å²) in [5.74, 6) is 1.47. The highest BCUT2D eigenvalue weighted by atomic mass is 16.5. The van der Waals surface area contributed by atoms with Crippen LogP contribution in [0.3, 0.4) is 0 Å². The molecule has 0 atom stereocenters. The van der Waals surface area contributed by atoms with Crippen LogP contribution >= 0.6 is 0 Å². The Morgan fingerprint density at radius 1 is 0.970 bits per heavy atom. The number of amides is 2. The standard InChI is InChI=1S/C25H33N3O5/c1-19(2)26-24(29)18-33-22-10-9-20(17-23(22)31-3)25(30)28-13-11-27(12-14-28)15-16-32-21-7-5-4-6-8-21/h4-10,17,19H,11-16,18H2,1-3H3,(H,26,29). The van der Waals surface area contributed by atoms with E-state index < -0.39 is 0 Å². The number of methoxy groups -OCH3 is 1. The number of para-hydroxylation sites is 1. The van der Waals surface area contributed by atoms with Crippen molar-refractivity contribution in [2.45, 2.75) is 19.9 Å². The zero-order valence-corrected chi connectivity index (χ0v) is 19.6. The quantitative estimate of drug-likeness (QED) is 0.593. The Balaban J connectivity index is 1.48. The fourth-order valence-corrected chi connectivity index (χ4v) is 3.59. The molecule has 1 N–H and O–H groups in total. The second kappa shape index (κ2) is 12.1. The van der Waals surface area contributed by atoms with Crippen LogP contribution in [0.1, 0.15) is 24.2 Å². The van der Waals surface area contributed by atoms with Crippen molar-refractivity contribution in [1.29, 1.82) is 0 Å². The Morgan fingerprint density at radius 3 is 2.36 bits per heavy atom. The van der Waals surface area contributed by atoms with Gasteiger partial charge < -0.3 is 24.4 Å². The van der Waals surface area contributed by atoms with Crippen LogP contribution in [-0.4, -0.2) is 80.7 Å². The van der Waals surface area contributed by atoms with Crippen LogP contribution in [0.15, 0.2) is 48.5 Å². The highest BCUT2D eigenvalue weighted by Crippen LogP contribution is 2.28. The number of hydrogen-bond acceptors (Lipinski definition) is 6. The largest absolute Gasteiger partial charge is 0.493 e. The maximum atomic E-state index is 13.0. The molecule has 0 aliphatic carbocycles. The van der Waals surface area contributed by atoms with Gasteiger partial charge in [-0.25, -0.2) is 0 Å². The van der Waals surface area contributed by atoms with E-state index in [1.165, 1.54) is 7.11 Å². The second-order valence-electron chi connectivity index (χ2n) is 8.17. The fraction of sp³-hybridized carbons (Fsp3) is 0.440. The molecule has 0 bridgehead atoms. The van der Waals surface area contributed by atoms with Gasteiger partial charge in [0, 0.05) is 44.3 Å². The number of rotatable bonds is 10. The van der Waals surface area contributed by atoms with Gasteiger partial charge in [-0.2, -0.15) is 0 Å². The summed E-state index contributed by atoms with van der Waals surface area (Å²) in [7, 11) is 1.51. The topological polar surface area (TPSA) is 80.3 Å². The number of nitrogens with zero attached hydrogens (tertiary/aromatic N) is 2. The molecule has 33 heavy (non-hydrogen) atoms. The molecule has 8 nitrogen and oxygen atoms in total. The third-order valence-corrected chi connectivity index (χ3v) is 5.30. The van der Waals surface area contributed by atoms with Gasteiger partial charge in [0.1, 0.15) is 12.4 Å². The van der Waals surface area contributed by atoms with E-state index in [0.29, 0.717) is 36.8 Å². The number of piperazine rings is 1. The van der Waals surface area contributed by atoms with E-state index in [0.717, 1.165) is 25.4 Å². The normalized spacial score (nSPS) is 14.1. The van der Waals surface area contributed by atoms with E-state index in [9.17, 15) is 9.59 Å². The van der Waals surface area contributed by atoms with Crippen molar-refractivity contribution in [2.24, 2.45) is 0 Å². The van der Waals surface area contributed by atoms with E-state index in [2.05, 4.69) is 10.2 Å². The van der Waals surface area contributed by atoms with Crippen LogP contribution in [0.4, 0.5) is 0 Å². The summed E-state index contributed by atoms with van der Waals surface area (Å²) < 4.78 is 16.7. The Bertz CT molecular complexity index is 912. The van der Waals surface area contributed by atoms with E-state index in [-0.39, 0.29) is 24.5 Å². The predicted octanol–water partition coefficient (Wildman–Crippen LogP) is 2.44. The van der Waals surface area contributed by atoms with Crippen LogP contribution in [0, 0.1) is 0 Å². The van der Waals surface area contributed by atoms with Crippen molar-refractivity contribution < 1.29 is 23.8 Å². The van der Waals surface area contributed by atoms with Crippen molar-refractivity contribution in [1.82, 2.24) is 15.1 Å². The summed E-state index contributed by atoms with van der Waals surface area (Å²) in [5.41, 5.74) is 0.534. The molecule has 1 saturated heterocycles. The summed E-state index contributed by atoms with van der Waals surface area (Å²) in [6.07, 6.45) is 0. The Labute approximate surface area is 195 Å². The molecule has 2 aromatic rings. The van der Waals surface area contributed by atoms with Crippen LogP contribution in [0.5, 0.6) is 17.2 Å². The molecule has 178 valence electrons. The molecular weight excluding hydrogens is 422 g/mol. The fourth-order valence-electron chi connectivity index (χ4n) is 3.59. The van der Waals surface area contributed by atoms with Gasteiger partial charge in [-0.05, 0) is 44.2 Å². The molecule has 3 rings (SSSR count). The van der Waals surface area contributed by atoms with Crippen LogP contribution in [0.2, 0.25) is 0 Å². The summed E-state index contributed by atoms with van der Waals surface area (Å²) in [4.78, 5) is 29.0. The van der Waals surface area contributed by atoms with Gasteiger partial charge in [0.15, 0.2) is 18.1 Å². The van der Waals surface area contributed by atoms with E-state index in [1.807, 2.05) is 49.1 Å². The van der Waals surface area contributed by atoms with Gasteiger partial charge in [-0.1, -0.05) is 18.2 Å². The number of benzene rings is 2. The minimum Gasteiger partial charge on any atom is -0.493 e. The molecular formula is C25H33N3O5. The van der Waals surface area contributed by atoms with Gasteiger partial charge in [0.25, 0.3) is 11.8 Å². The lowest BCUT2D eigenvalue weighted by molar-refractivity contribution is -0.123. The highest BCUT2D eigenvalue weighted by molar-refractivity contribution is 5.95. The SMILES string of the molecule is COc1cc(C(=O)N2CCN(CCOc3ccccc3)CC2)ccc1OCC(=O)NC(C)C. The van der Waals surface area contributed by atoms with Crippen molar-refractivity contribution in [2.75, 3.05) is 53.0 Å². The van der Waals surface area contributed by atoms with Crippen LogP contribution in [-0.2, 0) is 4.79 Å². The van der Waals surface area contributed by atoms with Gasteiger partial charge in [0.05, 0.1) is 7.11 Å². The number of ether oxygens (including phenoxy) is 3. The lowest BCUT2D eigenvalue weighted by atomic mass is 10.1. The van der Waals surface area contributed by atoms with Gasteiger partial charge >= 0.3 is 0 Å². The molecule has 1 aliphatic heterocycles. The van der Waals surface area contributed by atoms with Crippen molar-refractivity contribution >= 4 is 11.8 Å². The summed E-state index contributed by atoms with van der Waals surface area (Å²) in [5, 5.41) is 2.77. The Morgan fingerprint density at radius 2 is 1.70 bits per heavy atom. The first kappa shape index (κ1) is 24.4. The van der Waals surface area contributed by atoms with Crippen LogP contribution < -0.4 is 19.5 Å². The van der Waals surface area contributed by atoms with E-state index in [4.69, 9.17) is 14.2 Å². The van der Waals surface area contributed by atoms with E-state index >= 15 is 0 Å². The number of hydrogen-bond donors (Lipinski definition) is 1. The molecule has 2 aromatic carbocycles. The third kappa shape index (κ3) is 7.39. The average molecular weight is 456 g/mol. The molecule has 8 heteroatoms. The van der Waals surface area contributed by atoms with Crippen molar-refractivity contribution in [3.63, 3.8) is 0 Å². The van der Waals surface area contributed by atoms with Gasteiger partial charge in [-0.3, -0.25) is 14.5 Å². The summed E-state index contributed by atoms with van der Waals surface area (Å²) >= 11 is 0. The maximum Gasteiger partial charge on any atom is 0.258 e. The molecule has 1 fully saturated rings. The van der Waals surface area contributed by atoms with Gasteiger partial charge in [-0.15, -0.1) is 0 Å². The monoisotopic (exact) mass is 455 g/mol. The Kier molecular flexibility index (Phi) is 8.95. The minimum absolute atomic E-state index is 0.0415. The van der Waals surface area contributed by atoms with Gasteiger partial charge in [0.2, 0.25) is 0 Å². The van der Waals surface area contributed by atoms with E-state index in [1.54, 1.807) is 18.2 Å². The smallest absolute Gasteiger partial charge is 0.258 e. The molecule has 0 radical (unpaired) electrons. The highest BCUT2D eigenvalue weighted by Gasteiger charge is 2.23. The minimum atomic E-state index is -0.209. The van der Waals surface area contributed by atoms with Crippen LogP contribution in [0.25, 0.3) is 0 Å². The predicted molar refractivity (Wildman–Crippen MR) is 126 cm³/mol. The van der Waals surface area contributed by atoms with Crippen molar-refractivity contribution in [3.05, 3.63) is 54.1 Å². The average Bonchev–Trinajstić information content (AvgIpc) is 2.83. The zero-order chi connectivity index (χ0) is 23.6. The molecule has 0 unspecified atom stereocenters. The summed E-state index contributed by atoms with van der Waals surface area (Å²) in [6, 6.07) is 14.9. The molecule has 1 aliphatic rings. The zero-order valence-electron chi connectivity index (χ0n) is 19.6. The summed E-state index contributed by atoms with van der Waals surface area (Å²) in [6.45, 7) is 8.00. The van der Waals surface area contributed by atoms with Crippen molar-refractivity contribution in [3.8, 4) is 17.2 Å². The molecule has 0 aromatic heterocycles. The number of carbonyl (C=O) groups is 2. The first-order valence-corrected chi connectivity index (χ1v) is 11.3. The number of nitrogens with one attached hydrogen (secondary N) is 1.